The predicted molar refractivity (Wildman–Crippen MR) is 70.2 cm³/mol. The number of hydrogen-bond acceptors (Lipinski definition) is 4. The van der Waals surface area contributed by atoms with Crippen LogP contribution < -0.4 is 5.46 Å². The van der Waals surface area contributed by atoms with Crippen LogP contribution in [0.2, 0.25) is 0 Å². The topological polar surface area (TPSA) is 59.0 Å². The van der Waals surface area contributed by atoms with E-state index >= 15 is 0 Å². The fourth-order valence-electron chi connectivity index (χ4n) is 2.71. The Balaban J connectivity index is 1.69. The van der Waals surface area contributed by atoms with Gasteiger partial charge in [0.05, 0.1) is 12.7 Å². The maximum absolute atomic E-state index is 12.3. The first-order valence-electron chi connectivity index (χ1n) is 6.70. The molecule has 8 heteroatoms. The van der Waals surface area contributed by atoms with Crippen molar-refractivity contribution < 1.29 is 28.0 Å². The van der Waals surface area contributed by atoms with Crippen LogP contribution in [0.15, 0.2) is 18.2 Å². The first-order valence-corrected chi connectivity index (χ1v) is 6.70. The van der Waals surface area contributed by atoms with E-state index < -0.39 is 19.8 Å². The first-order chi connectivity index (χ1) is 10.0. The smallest absolute Gasteiger partial charge is 0.423 e. The molecule has 2 aliphatic rings. The van der Waals surface area contributed by atoms with Gasteiger partial charge in [-0.15, -0.1) is 0 Å². The molecule has 0 aliphatic carbocycles. The summed E-state index contributed by atoms with van der Waals surface area (Å²) in [6, 6.07) is 4.94. The Morgan fingerprint density at radius 2 is 2.33 bits per heavy atom. The molecule has 0 saturated carbocycles. The van der Waals surface area contributed by atoms with Crippen LogP contribution in [-0.4, -0.2) is 48.8 Å². The third-order valence-electron chi connectivity index (χ3n) is 3.78. The lowest BCUT2D eigenvalue weighted by Crippen LogP contribution is -2.32. The van der Waals surface area contributed by atoms with Crippen LogP contribution in [0.1, 0.15) is 22.3 Å². The molecule has 2 aliphatic heterocycles. The Kier molecular flexibility index (Phi) is 3.92. The quantitative estimate of drug-likeness (QED) is 0.818. The molecule has 1 aromatic carbocycles. The second kappa shape index (κ2) is 5.71. The lowest BCUT2D eigenvalue weighted by molar-refractivity contribution is -0.158. The van der Waals surface area contributed by atoms with Crippen LogP contribution in [0.4, 0.5) is 8.78 Å². The molecule has 5 nitrogen and oxygen atoms in total. The number of alkyl halides is 2. The summed E-state index contributed by atoms with van der Waals surface area (Å²) in [4.78, 5) is 13.8. The molecular formula is C13H14BF2NO4. The molecule has 3 rings (SSSR count). The van der Waals surface area contributed by atoms with Crippen LogP contribution in [0, 0.1) is 0 Å². The molecular weight excluding hydrogens is 283 g/mol. The highest BCUT2D eigenvalue weighted by atomic mass is 19.3. The number of carbonyl (C=O) groups is 1. The molecule has 112 valence electrons. The van der Waals surface area contributed by atoms with E-state index in [1.807, 2.05) is 0 Å². The van der Waals surface area contributed by atoms with Gasteiger partial charge in [0.2, 0.25) is 0 Å². The maximum atomic E-state index is 12.3. The van der Waals surface area contributed by atoms with E-state index in [1.165, 1.54) is 4.90 Å². The molecule has 1 atom stereocenters. The molecule has 1 fully saturated rings. The molecule has 0 aromatic heterocycles. The van der Waals surface area contributed by atoms with E-state index in [9.17, 15) is 18.6 Å². The average molecular weight is 297 g/mol. The molecule has 0 radical (unpaired) electrons. The van der Waals surface area contributed by atoms with Crippen LogP contribution in [0.25, 0.3) is 0 Å². The molecule has 0 spiro atoms. The maximum Gasteiger partial charge on any atom is 0.491 e. The third-order valence-corrected chi connectivity index (χ3v) is 3.78. The van der Waals surface area contributed by atoms with Gasteiger partial charge in [-0.1, -0.05) is 6.07 Å². The number of hydrogen-bond donors (Lipinski definition) is 1. The largest absolute Gasteiger partial charge is 0.491 e. The van der Waals surface area contributed by atoms with Crippen LogP contribution in [0.5, 0.6) is 0 Å². The molecule has 0 unspecified atom stereocenters. The number of nitrogens with zero attached hydrogens (tertiary/aromatic N) is 1. The van der Waals surface area contributed by atoms with Crippen molar-refractivity contribution in [2.75, 3.05) is 13.1 Å². The standard InChI is InChI=1S/C13H14BF2NO4/c15-13(16)21-10-3-4-17(6-10)12(18)8-1-2-11-9(5-8)7-20-14(11)19/h1-2,5,10,13,19H,3-4,6-7H2/t10-/m0/s1. The van der Waals surface area contributed by atoms with E-state index in [2.05, 4.69) is 4.74 Å². The Hall–Kier alpha value is -1.51. The summed E-state index contributed by atoms with van der Waals surface area (Å²) < 4.78 is 33.8. The Bertz CT molecular complexity index is 557. The lowest BCUT2D eigenvalue weighted by atomic mass is 9.79. The minimum absolute atomic E-state index is 0.166. The number of amides is 1. The van der Waals surface area contributed by atoms with Gasteiger partial charge in [0.25, 0.3) is 5.91 Å². The number of halogens is 2. The molecule has 0 bridgehead atoms. The molecule has 1 amide bonds. The highest BCUT2D eigenvalue weighted by Gasteiger charge is 2.31. The summed E-state index contributed by atoms with van der Waals surface area (Å²) in [7, 11) is -0.945. The van der Waals surface area contributed by atoms with Crippen molar-refractivity contribution >= 4 is 18.5 Å². The van der Waals surface area contributed by atoms with E-state index in [1.54, 1.807) is 18.2 Å². The monoisotopic (exact) mass is 297 g/mol. The summed E-state index contributed by atoms with van der Waals surface area (Å²) in [5.41, 5.74) is 1.89. The molecule has 1 aromatic rings. The van der Waals surface area contributed by atoms with Crippen molar-refractivity contribution in [2.24, 2.45) is 0 Å². The number of rotatable bonds is 3. The number of benzene rings is 1. The predicted octanol–water partition coefficient (Wildman–Crippen LogP) is 0.358. The Morgan fingerprint density at radius 3 is 3.10 bits per heavy atom. The summed E-state index contributed by atoms with van der Waals surface area (Å²) in [6.45, 7) is -2.00. The van der Waals surface area contributed by atoms with Gasteiger partial charge in [0.15, 0.2) is 0 Å². The minimum atomic E-state index is -2.82. The van der Waals surface area contributed by atoms with Gasteiger partial charge in [-0.2, -0.15) is 8.78 Å². The van der Waals surface area contributed by atoms with Gasteiger partial charge in [-0.05, 0) is 29.6 Å². The number of carbonyl (C=O) groups excluding carboxylic acids is 1. The molecule has 2 heterocycles. The molecule has 1 N–H and O–H groups in total. The van der Waals surface area contributed by atoms with Crippen LogP contribution >= 0.6 is 0 Å². The van der Waals surface area contributed by atoms with Gasteiger partial charge in [-0.3, -0.25) is 4.79 Å². The van der Waals surface area contributed by atoms with Crippen LogP contribution in [-0.2, 0) is 16.0 Å². The number of fused-ring (bicyclic) bond motifs is 1. The highest BCUT2D eigenvalue weighted by molar-refractivity contribution is 6.61. The van der Waals surface area contributed by atoms with Crippen LogP contribution in [0.3, 0.4) is 0 Å². The van der Waals surface area contributed by atoms with E-state index in [4.69, 9.17) is 4.65 Å². The van der Waals surface area contributed by atoms with Crippen molar-refractivity contribution in [3.63, 3.8) is 0 Å². The van der Waals surface area contributed by atoms with Crippen molar-refractivity contribution in [3.8, 4) is 0 Å². The summed E-state index contributed by atoms with van der Waals surface area (Å²) >= 11 is 0. The normalized spacial score (nSPS) is 21.2. The third kappa shape index (κ3) is 2.92. The summed E-state index contributed by atoms with van der Waals surface area (Å²) in [6.07, 6.45) is -0.211. The van der Waals surface area contributed by atoms with Gasteiger partial charge in [-0.25, -0.2) is 0 Å². The van der Waals surface area contributed by atoms with Gasteiger partial charge >= 0.3 is 13.7 Å². The minimum Gasteiger partial charge on any atom is -0.423 e. The summed E-state index contributed by atoms with van der Waals surface area (Å²) in [5, 5.41) is 9.54. The second-order valence-electron chi connectivity index (χ2n) is 5.14. The zero-order chi connectivity index (χ0) is 15.0. The van der Waals surface area contributed by atoms with Crippen molar-refractivity contribution in [3.05, 3.63) is 29.3 Å². The number of likely N-dealkylation sites (tertiary alicyclic amines) is 1. The fraction of sp³-hybridized carbons (Fsp3) is 0.462. The van der Waals surface area contributed by atoms with Gasteiger partial charge < -0.3 is 19.3 Å². The molecule has 1 saturated heterocycles. The zero-order valence-corrected chi connectivity index (χ0v) is 11.2. The average Bonchev–Trinajstić information content (AvgIpc) is 3.05. The van der Waals surface area contributed by atoms with Crippen molar-refractivity contribution in [2.45, 2.75) is 25.7 Å². The first kappa shape index (κ1) is 14.4. The van der Waals surface area contributed by atoms with E-state index in [-0.39, 0.29) is 19.1 Å². The SMILES string of the molecule is O=C(c1ccc2c(c1)COB2O)N1CC[C@H](OC(F)F)C1. The second-order valence-corrected chi connectivity index (χ2v) is 5.14. The van der Waals surface area contributed by atoms with E-state index in [0.717, 1.165) is 5.56 Å². The lowest BCUT2D eigenvalue weighted by Gasteiger charge is -2.17. The number of ether oxygens (including phenoxy) is 1. The zero-order valence-electron chi connectivity index (χ0n) is 11.2. The summed E-state index contributed by atoms with van der Waals surface area (Å²) in [5.74, 6) is -0.223. The van der Waals surface area contributed by atoms with Crippen molar-refractivity contribution in [1.29, 1.82) is 0 Å². The Morgan fingerprint density at radius 1 is 1.52 bits per heavy atom. The molecule has 21 heavy (non-hydrogen) atoms. The Labute approximate surface area is 120 Å². The fourth-order valence-corrected chi connectivity index (χ4v) is 2.71. The van der Waals surface area contributed by atoms with Gasteiger partial charge in [0.1, 0.15) is 0 Å². The van der Waals surface area contributed by atoms with Crippen molar-refractivity contribution in [1.82, 2.24) is 4.90 Å². The van der Waals surface area contributed by atoms with Gasteiger partial charge in [0, 0.05) is 18.7 Å². The highest BCUT2D eigenvalue weighted by Crippen LogP contribution is 2.19. The van der Waals surface area contributed by atoms with E-state index in [0.29, 0.717) is 24.0 Å².